The fourth-order valence-corrected chi connectivity index (χ4v) is 7.02. The maximum Gasteiger partial charge on any atom is 0.163 e. The minimum absolute atomic E-state index is 0.0283. The smallest absolute Gasteiger partial charge is 0.163 e. The highest BCUT2D eigenvalue weighted by Crippen LogP contribution is 2.68. The summed E-state index contributed by atoms with van der Waals surface area (Å²) in [5.41, 5.74) is -1.06. The van der Waals surface area contributed by atoms with Gasteiger partial charge in [0.05, 0.1) is 17.9 Å². The third-order valence-electron chi connectivity index (χ3n) is 9.37. The first kappa shape index (κ1) is 22.3. The van der Waals surface area contributed by atoms with Gasteiger partial charge >= 0.3 is 0 Å². The Bertz CT molecular complexity index is 944. The van der Waals surface area contributed by atoms with Crippen LogP contribution in [0, 0.1) is 39.8 Å². The first-order valence-corrected chi connectivity index (χ1v) is 11.4. The topological polar surface area (TPSA) is 70.4 Å². The van der Waals surface area contributed by atoms with Crippen LogP contribution in [0.5, 0.6) is 0 Å². The van der Waals surface area contributed by atoms with Gasteiger partial charge in [-0.05, 0) is 66.7 Å². The first-order valence-electron chi connectivity index (χ1n) is 11.4. The van der Waals surface area contributed by atoms with Crippen molar-refractivity contribution in [3.63, 3.8) is 0 Å². The van der Waals surface area contributed by atoms with E-state index in [1.165, 1.54) is 18.3 Å². The zero-order valence-electron chi connectivity index (χ0n) is 18.9. The van der Waals surface area contributed by atoms with Crippen LogP contribution in [0.4, 0.5) is 4.39 Å². The van der Waals surface area contributed by atoms with E-state index in [9.17, 15) is 19.4 Å². The van der Waals surface area contributed by atoms with Gasteiger partial charge in [-0.1, -0.05) is 33.8 Å². The zero-order valence-corrected chi connectivity index (χ0v) is 18.9. The van der Waals surface area contributed by atoms with E-state index in [1.54, 1.807) is 12.2 Å². The van der Waals surface area contributed by atoms with Crippen LogP contribution in [-0.2, 0) is 4.79 Å². The summed E-state index contributed by atoms with van der Waals surface area (Å²) in [5, 5.41) is 22.9. The number of Topliss-reactive ketones (excluding diaryl/α,β-unsaturated/α-hetero) is 1. The molecule has 0 spiro atoms. The quantitative estimate of drug-likeness (QED) is 0.536. The number of rotatable bonds is 2. The molecule has 31 heavy (non-hydrogen) atoms. The van der Waals surface area contributed by atoms with Crippen molar-refractivity contribution < 1.29 is 19.4 Å². The third kappa shape index (κ3) is 3.00. The van der Waals surface area contributed by atoms with Crippen molar-refractivity contribution in [2.75, 3.05) is 0 Å². The summed E-state index contributed by atoms with van der Waals surface area (Å²) in [6.07, 6.45) is 5.86. The number of ketones is 1. The summed E-state index contributed by atoms with van der Waals surface area (Å²) in [6.45, 7) is 12.1. The molecule has 1 aromatic rings. The monoisotopic (exact) mass is 427 g/mol. The van der Waals surface area contributed by atoms with Gasteiger partial charge in [-0.3, -0.25) is 9.78 Å². The largest absolute Gasteiger partial charge is 0.392 e. The summed E-state index contributed by atoms with van der Waals surface area (Å²) in [7, 11) is 0. The van der Waals surface area contributed by atoms with E-state index in [2.05, 4.69) is 18.5 Å². The van der Waals surface area contributed by atoms with Crippen LogP contribution in [0.1, 0.15) is 59.1 Å². The standard InChI is InChI=1S/C26H34FNO3/c1-6-24(4)14-20(29)25(5)15(2)9-10-26(16(3)23(24)31)13-17(21(30)22(25)26)12-19-18(27)8-7-11-28-19/h6-8,11-12,15-16,20,22-23,29,31H,1,9-10,13-14H2,2-5H3/b17-12+/t15-,16+,20-,22+,23+,24-,25+,26+/m1/s1. The van der Waals surface area contributed by atoms with Crippen molar-refractivity contribution in [3.05, 3.63) is 48.1 Å². The number of halogens is 1. The molecular formula is C26H34FNO3. The molecule has 0 amide bonds. The van der Waals surface area contributed by atoms with Gasteiger partial charge in [-0.25, -0.2) is 4.39 Å². The van der Waals surface area contributed by atoms with Crippen LogP contribution in [0.3, 0.4) is 0 Å². The van der Waals surface area contributed by atoms with Crippen LogP contribution in [0.2, 0.25) is 0 Å². The number of carbonyl (C=O) groups is 1. The zero-order chi connectivity index (χ0) is 22.8. The van der Waals surface area contributed by atoms with Gasteiger partial charge in [-0.15, -0.1) is 6.58 Å². The molecule has 2 N–H and O–H groups in total. The molecule has 0 unspecified atom stereocenters. The summed E-state index contributed by atoms with van der Waals surface area (Å²) in [6, 6.07) is 2.87. The fourth-order valence-electron chi connectivity index (χ4n) is 7.02. The van der Waals surface area contributed by atoms with E-state index < -0.39 is 40.2 Å². The lowest BCUT2D eigenvalue weighted by molar-refractivity contribution is -0.191. The lowest BCUT2D eigenvalue weighted by Crippen LogP contribution is -2.62. The van der Waals surface area contributed by atoms with Crippen molar-refractivity contribution in [1.82, 2.24) is 4.98 Å². The SMILES string of the molecule is C=C[C@]1(C)C[C@@H](O)[C@]2(C)[C@H](C)CC[C@]3(C/C(=C\c4ncccc4F)C(=O)[C@H]32)[C@@H](C)[C@@H]1O. The van der Waals surface area contributed by atoms with Gasteiger partial charge in [0.1, 0.15) is 5.82 Å². The van der Waals surface area contributed by atoms with Gasteiger partial charge < -0.3 is 10.2 Å². The summed E-state index contributed by atoms with van der Waals surface area (Å²) < 4.78 is 14.3. The van der Waals surface area contributed by atoms with Gasteiger partial charge in [0.15, 0.2) is 5.78 Å². The van der Waals surface area contributed by atoms with Gasteiger partial charge in [-0.2, -0.15) is 0 Å². The number of nitrogens with zero attached hydrogens (tertiary/aromatic N) is 1. The number of aliphatic hydroxyl groups is 2. The number of pyridine rings is 1. The Morgan fingerprint density at radius 2 is 2.00 bits per heavy atom. The van der Waals surface area contributed by atoms with Gasteiger partial charge in [0, 0.05) is 22.9 Å². The van der Waals surface area contributed by atoms with Gasteiger partial charge in [0.25, 0.3) is 0 Å². The second kappa shape index (κ2) is 7.35. The van der Waals surface area contributed by atoms with Crippen LogP contribution in [0.15, 0.2) is 36.6 Å². The average Bonchev–Trinajstić information content (AvgIpc) is 3.04. The van der Waals surface area contributed by atoms with E-state index in [0.717, 1.165) is 12.8 Å². The number of hydrogen-bond acceptors (Lipinski definition) is 4. The normalized spacial score (nSPS) is 46.4. The van der Waals surface area contributed by atoms with Crippen molar-refractivity contribution in [2.24, 2.45) is 34.0 Å². The first-order chi connectivity index (χ1) is 14.5. The van der Waals surface area contributed by atoms with Crippen LogP contribution in [0.25, 0.3) is 6.08 Å². The van der Waals surface area contributed by atoms with Crippen LogP contribution >= 0.6 is 0 Å². The Kier molecular flexibility index (Phi) is 5.30. The van der Waals surface area contributed by atoms with Crippen molar-refractivity contribution in [2.45, 2.75) is 65.6 Å². The Morgan fingerprint density at radius 1 is 1.29 bits per heavy atom. The Labute approximate surface area is 184 Å². The molecule has 3 aliphatic carbocycles. The highest BCUT2D eigenvalue weighted by atomic mass is 19.1. The molecule has 0 aliphatic heterocycles. The average molecular weight is 428 g/mol. The maximum absolute atomic E-state index is 14.3. The minimum atomic E-state index is -0.757. The molecule has 3 aliphatic rings. The van der Waals surface area contributed by atoms with Gasteiger partial charge in [0.2, 0.25) is 0 Å². The fraction of sp³-hybridized carbons (Fsp3) is 0.615. The molecule has 1 heterocycles. The van der Waals surface area contributed by atoms with E-state index >= 15 is 0 Å². The molecular weight excluding hydrogens is 393 g/mol. The Morgan fingerprint density at radius 3 is 2.65 bits per heavy atom. The molecule has 5 heteroatoms. The molecule has 4 rings (SSSR count). The van der Waals surface area contributed by atoms with Crippen molar-refractivity contribution in [1.29, 1.82) is 0 Å². The Hall–Kier alpha value is -1.85. The maximum atomic E-state index is 14.3. The molecule has 2 bridgehead atoms. The Balaban J connectivity index is 1.91. The summed E-state index contributed by atoms with van der Waals surface area (Å²) >= 11 is 0. The van der Waals surface area contributed by atoms with E-state index in [1.807, 2.05) is 20.8 Å². The summed E-state index contributed by atoms with van der Waals surface area (Å²) in [5.74, 6) is -0.940. The highest BCUT2D eigenvalue weighted by Gasteiger charge is 2.68. The number of hydrogen-bond donors (Lipinski definition) is 2. The number of carbonyl (C=O) groups excluding carboxylic acids is 1. The number of aliphatic hydroxyl groups excluding tert-OH is 2. The molecule has 4 nitrogen and oxygen atoms in total. The van der Waals surface area contributed by atoms with Crippen LogP contribution in [-0.4, -0.2) is 33.2 Å². The van der Waals surface area contributed by atoms with Crippen molar-refractivity contribution >= 4 is 11.9 Å². The molecule has 0 saturated heterocycles. The highest BCUT2D eigenvalue weighted by molar-refractivity contribution is 6.04. The van der Waals surface area contributed by atoms with Crippen molar-refractivity contribution in [3.8, 4) is 0 Å². The third-order valence-corrected chi connectivity index (χ3v) is 9.37. The molecule has 0 radical (unpaired) electrons. The predicted molar refractivity (Wildman–Crippen MR) is 118 cm³/mol. The predicted octanol–water partition coefficient (Wildman–Crippen LogP) is 4.57. The second-order valence-corrected chi connectivity index (χ2v) is 10.7. The lowest BCUT2D eigenvalue weighted by Gasteiger charge is -2.61. The molecule has 1 aromatic heterocycles. The van der Waals surface area contributed by atoms with Crippen LogP contribution < -0.4 is 0 Å². The van der Waals surface area contributed by atoms with E-state index in [-0.39, 0.29) is 23.3 Å². The molecule has 3 fully saturated rings. The molecule has 8 atom stereocenters. The minimum Gasteiger partial charge on any atom is -0.392 e. The lowest BCUT2D eigenvalue weighted by atomic mass is 9.44. The van der Waals surface area contributed by atoms with E-state index in [4.69, 9.17) is 0 Å². The molecule has 168 valence electrons. The number of allylic oxidation sites excluding steroid dienone is 1. The number of aromatic nitrogens is 1. The molecule has 0 aromatic carbocycles. The molecule has 3 saturated carbocycles. The van der Waals surface area contributed by atoms with E-state index in [0.29, 0.717) is 18.4 Å². The second-order valence-electron chi connectivity index (χ2n) is 10.7. The summed E-state index contributed by atoms with van der Waals surface area (Å²) in [4.78, 5) is 18.0.